The fourth-order valence-corrected chi connectivity index (χ4v) is 4.40. The summed E-state index contributed by atoms with van der Waals surface area (Å²) in [5.74, 6) is 0.393. The van der Waals surface area contributed by atoms with Crippen molar-refractivity contribution in [2.75, 3.05) is 57.6 Å². The highest BCUT2D eigenvalue weighted by atomic mass is 32.2. The number of benzene rings is 2. The van der Waals surface area contributed by atoms with Crippen molar-refractivity contribution in [1.29, 1.82) is 0 Å². The number of carbonyl (C=O) groups is 1. The Morgan fingerprint density at radius 2 is 1.73 bits per heavy atom. The molecule has 1 fully saturated rings. The van der Waals surface area contributed by atoms with Gasteiger partial charge >= 0.3 is 0 Å². The van der Waals surface area contributed by atoms with E-state index in [0.29, 0.717) is 18.0 Å². The van der Waals surface area contributed by atoms with Crippen LogP contribution in [0.2, 0.25) is 0 Å². The minimum atomic E-state index is -3.73. The summed E-state index contributed by atoms with van der Waals surface area (Å²) < 4.78 is 41.7. The summed E-state index contributed by atoms with van der Waals surface area (Å²) in [7, 11) is -0.792. The van der Waals surface area contributed by atoms with Crippen LogP contribution in [-0.2, 0) is 32.6 Å². The number of hydrogen-bond acceptors (Lipinski definition) is 7. The molecule has 0 radical (unpaired) electrons. The number of ether oxygens (including phenoxy) is 3. The number of methoxy groups -OCH3 is 2. The summed E-state index contributed by atoms with van der Waals surface area (Å²) in [6.07, 6.45) is 1.05. The molecular weight excluding hydrogens is 446 g/mol. The average molecular weight is 478 g/mol. The molecule has 180 valence electrons. The molecular formula is C23H31N3O6S. The number of carbonyl (C=O) groups excluding carboxylic acids is 1. The lowest BCUT2D eigenvalue weighted by Crippen LogP contribution is -2.40. The van der Waals surface area contributed by atoms with Gasteiger partial charge in [-0.25, -0.2) is 8.42 Å². The Bertz CT molecular complexity index is 1040. The maximum Gasteiger partial charge on any atom is 0.241 e. The highest BCUT2D eigenvalue weighted by Crippen LogP contribution is 2.33. The minimum absolute atomic E-state index is 0.267. The lowest BCUT2D eigenvalue weighted by Gasteiger charge is -2.26. The third-order valence-corrected chi connectivity index (χ3v) is 6.49. The largest absolute Gasteiger partial charge is 0.497 e. The highest BCUT2D eigenvalue weighted by Gasteiger charge is 2.24. The van der Waals surface area contributed by atoms with Crippen molar-refractivity contribution in [2.24, 2.45) is 0 Å². The Morgan fingerprint density at radius 3 is 2.33 bits per heavy atom. The van der Waals surface area contributed by atoms with Crippen molar-refractivity contribution in [3.8, 4) is 11.5 Å². The topological polar surface area (TPSA) is 97.4 Å². The highest BCUT2D eigenvalue weighted by molar-refractivity contribution is 7.92. The summed E-state index contributed by atoms with van der Waals surface area (Å²) in [4.78, 5) is 14.9. The van der Waals surface area contributed by atoms with Gasteiger partial charge in [-0.15, -0.1) is 0 Å². The first-order chi connectivity index (χ1) is 15.8. The standard InChI is InChI=1S/C23H31N3O6S/c1-30-20-8-9-21(22(14-20)31-2)26(33(3,28)29)17-23(27)24-15-18-4-6-19(7-5-18)16-25-10-12-32-13-11-25/h4-9,14H,10-13,15-17H2,1-3H3,(H,24,27). The monoisotopic (exact) mass is 477 g/mol. The van der Waals surface area contributed by atoms with Crippen LogP contribution in [-0.4, -0.2) is 72.5 Å². The Balaban J connectivity index is 1.61. The first-order valence-electron chi connectivity index (χ1n) is 10.6. The van der Waals surface area contributed by atoms with Crippen molar-refractivity contribution < 1.29 is 27.4 Å². The average Bonchev–Trinajstić information content (AvgIpc) is 2.81. The van der Waals surface area contributed by atoms with Gasteiger partial charge in [0.15, 0.2) is 0 Å². The molecule has 1 heterocycles. The summed E-state index contributed by atoms with van der Waals surface area (Å²) in [6, 6.07) is 12.8. The molecule has 1 amide bonds. The molecule has 2 aromatic rings. The number of hydrogen-bond donors (Lipinski definition) is 1. The van der Waals surface area contributed by atoms with Gasteiger partial charge in [0, 0.05) is 32.2 Å². The van der Waals surface area contributed by atoms with E-state index >= 15 is 0 Å². The number of anilines is 1. The number of rotatable bonds is 10. The zero-order valence-electron chi connectivity index (χ0n) is 19.2. The molecule has 1 aliphatic heterocycles. The van der Waals surface area contributed by atoms with Gasteiger partial charge in [0.25, 0.3) is 0 Å². The number of sulfonamides is 1. The fraction of sp³-hybridized carbons (Fsp3) is 0.435. The van der Waals surface area contributed by atoms with E-state index in [9.17, 15) is 13.2 Å². The van der Waals surface area contributed by atoms with E-state index in [1.54, 1.807) is 18.2 Å². The number of nitrogens with one attached hydrogen (secondary N) is 1. The predicted octanol–water partition coefficient (Wildman–Crippen LogP) is 1.62. The zero-order valence-corrected chi connectivity index (χ0v) is 20.1. The molecule has 1 saturated heterocycles. The molecule has 0 aromatic heterocycles. The number of nitrogens with zero attached hydrogens (tertiary/aromatic N) is 2. The van der Waals surface area contributed by atoms with Crippen LogP contribution in [0.1, 0.15) is 11.1 Å². The second-order valence-electron chi connectivity index (χ2n) is 7.79. The molecule has 3 rings (SSSR count). The molecule has 0 bridgehead atoms. The van der Waals surface area contributed by atoms with Crippen molar-refractivity contribution >= 4 is 21.6 Å². The Hall–Kier alpha value is -2.82. The lowest BCUT2D eigenvalue weighted by molar-refractivity contribution is -0.119. The second kappa shape index (κ2) is 11.4. The molecule has 10 heteroatoms. The quantitative estimate of drug-likeness (QED) is 0.555. The van der Waals surface area contributed by atoms with Crippen LogP contribution in [0.4, 0.5) is 5.69 Å². The van der Waals surface area contributed by atoms with Gasteiger partial charge in [-0.05, 0) is 23.3 Å². The molecule has 0 atom stereocenters. The SMILES string of the molecule is COc1ccc(N(CC(=O)NCc2ccc(CN3CCOCC3)cc2)S(C)(=O)=O)c(OC)c1. The first kappa shape index (κ1) is 24.8. The van der Waals surface area contributed by atoms with Gasteiger partial charge in [-0.3, -0.25) is 14.0 Å². The molecule has 2 aromatic carbocycles. The van der Waals surface area contributed by atoms with Crippen LogP contribution in [0, 0.1) is 0 Å². The maximum absolute atomic E-state index is 12.6. The van der Waals surface area contributed by atoms with Gasteiger partial charge in [0.2, 0.25) is 15.9 Å². The zero-order chi connectivity index (χ0) is 23.8. The van der Waals surface area contributed by atoms with Gasteiger partial charge in [-0.2, -0.15) is 0 Å². The predicted molar refractivity (Wildman–Crippen MR) is 126 cm³/mol. The third kappa shape index (κ3) is 7.08. The van der Waals surface area contributed by atoms with Crippen LogP contribution in [0.3, 0.4) is 0 Å². The number of morpholine rings is 1. The molecule has 0 spiro atoms. The fourth-order valence-electron chi connectivity index (χ4n) is 3.54. The molecule has 0 saturated carbocycles. The molecule has 33 heavy (non-hydrogen) atoms. The maximum atomic E-state index is 12.6. The van der Waals surface area contributed by atoms with Crippen LogP contribution < -0.4 is 19.1 Å². The van der Waals surface area contributed by atoms with E-state index in [0.717, 1.165) is 49.0 Å². The van der Waals surface area contributed by atoms with Gasteiger partial charge in [0.05, 0.1) is 39.4 Å². The molecule has 9 nitrogen and oxygen atoms in total. The van der Waals surface area contributed by atoms with Crippen LogP contribution in [0.15, 0.2) is 42.5 Å². The van der Waals surface area contributed by atoms with Crippen molar-refractivity contribution in [3.05, 3.63) is 53.6 Å². The van der Waals surface area contributed by atoms with E-state index in [4.69, 9.17) is 14.2 Å². The third-order valence-electron chi connectivity index (χ3n) is 5.37. The number of amides is 1. The lowest BCUT2D eigenvalue weighted by atomic mass is 10.1. The van der Waals surface area contributed by atoms with E-state index in [-0.39, 0.29) is 12.2 Å². The molecule has 1 aliphatic rings. The Kier molecular flexibility index (Phi) is 8.54. The van der Waals surface area contributed by atoms with Crippen LogP contribution >= 0.6 is 0 Å². The van der Waals surface area contributed by atoms with Crippen molar-refractivity contribution in [2.45, 2.75) is 13.1 Å². The molecule has 0 unspecified atom stereocenters. The smallest absolute Gasteiger partial charge is 0.241 e. The summed E-state index contributed by atoms with van der Waals surface area (Å²) in [5, 5.41) is 2.79. The van der Waals surface area contributed by atoms with Crippen molar-refractivity contribution in [3.63, 3.8) is 0 Å². The van der Waals surface area contributed by atoms with E-state index in [1.807, 2.05) is 24.3 Å². The Labute approximate surface area is 195 Å². The molecule has 0 aliphatic carbocycles. The van der Waals surface area contributed by atoms with Gasteiger partial charge in [-0.1, -0.05) is 24.3 Å². The van der Waals surface area contributed by atoms with Crippen LogP contribution in [0.5, 0.6) is 11.5 Å². The second-order valence-corrected chi connectivity index (χ2v) is 9.70. The summed E-state index contributed by atoms with van der Waals surface area (Å²) >= 11 is 0. The van der Waals surface area contributed by atoms with Crippen molar-refractivity contribution in [1.82, 2.24) is 10.2 Å². The van der Waals surface area contributed by atoms with Gasteiger partial charge < -0.3 is 19.5 Å². The van der Waals surface area contributed by atoms with E-state index in [2.05, 4.69) is 10.2 Å². The first-order valence-corrected chi connectivity index (χ1v) is 12.5. The Morgan fingerprint density at radius 1 is 1.06 bits per heavy atom. The van der Waals surface area contributed by atoms with E-state index in [1.165, 1.54) is 19.8 Å². The normalized spacial score (nSPS) is 14.5. The minimum Gasteiger partial charge on any atom is -0.497 e. The summed E-state index contributed by atoms with van der Waals surface area (Å²) in [5.41, 5.74) is 2.40. The van der Waals surface area contributed by atoms with Gasteiger partial charge in [0.1, 0.15) is 18.0 Å². The van der Waals surface area contributed by atoms with Crippen LogP contribution in [0.25, 0.3) is 0 Å². The summed E-state index contributed by atoms with van der Waals surface area (Å²) in [6.45, 7) is 4.17. The molecule has 1 N–H and O–H groups in total. The van der Waals surface area contributed by atoms with E-state index < -0.39 is 15.9 Å².